The van der Waals surface area contributed by atoms with Crippen LogP contribution in [0.4, 0.5) is 0 Å². The van der Waals surface area contributed by atoms with Gasteiger partial charge in [0.25, 0.3) is 0 Å². The highest BCUT2D eigenvalue weighted by molar-refractivity contribution is 7.52. The summed E-state index contributed by atoms with van der Waals surface area (Å²) in [5.74, 6) is -1.47. The van der Waals surface area contributed by atoms with Crippen molar-refractivity contribution in [3.63, 3.8) is 0 Å². The molecule has 0 radical (unpaired) electrons. The number of benzene rings is 2. The highest BCUT2D eigenvalue weighted by Gasteiger charge is 2.24. The maximum absolute atomic E-state index is 12.4. The van der Waals surface area contributed by atoms with Gasteiger partial charge in [-0.25, -0.2) is 0 Å². The average molecular weight is 420 g/mol. The van der Waals surface area contributed by atoms with Gasteiger partial charge in [-0.3, -0.25) is 19.5 Å². The van der Waals surface area contributed by atoms with Gasteiger partial charge >= 0.3 is 13.6 Å². The summed E-state index contributed by atoms with van der Waals surface area (Å²) in [6.07, 6.45) is -0.346. The molecule has 0 heterocycles. The van der Waals surface area contributed by atoms with Crippen molar-refractivity contribution in [2.75, 3.05) is 19.9 Å². The first-order valence-electron chi connectivity index (χ1n) is 9.05. The van der Waals surface area contributed by atoms with Crippen LogP contribution < -0.4 is 10.6 Å². The molecule has 0 saturated carbocycles. The number of amides is 1. The van der Waals surface area contributed by atoms with Crippen LogP contribution in [0.3, 0.4) is 0 Å². The van der Waals surface area contributed by atoms with E-state index in [1.165, 1.54) is 0 Å². The van der Waals surface area contributed by atoms with Crippen molar-refractivity contribution < 1.29 is 28.7 Å². The van der Waals surface area contributed by atoms with E-state index in [2.05, 4.69) is 15.2 Å². The number of carbonyl (C=O) groups excluding carboxylic acids is 1. The fourth-order valence-electron chi connectivity index (χ4n) is 2.66. The molecular weight excluding hydrogens is 395 g/mol. The van der Waals surface area contributed by atoms with E-state index < -0.39 is 31.8 Å². The second-order valence-electron chi connectivity index (χ2n) is 6.44. The molecule has 2 aromatic rings. The number of carboxylic acid groups (broad SMARTS) is 1. The smallest absolute Gasteiger partial charge is 0.341 e. The Labute approximate surface area is 169 Å². The summed E-state index contributed by atoms with van der Waals surface area (Å²) in [4.78, 5) is 32.7. The number of hydrogen-bond donors (Lipinski definition) is 4. The minimum absolute atomic E-state index is 0.0274. The molecule has 4 N–H and O–H groups in total. The standard InChI is InChI=1S/C20H25N2O6P/c1-28-29(26,27)14-22-18(20(25)21-12-11-19(23)24)13-15-7-9-17(10-8-15)16-5-3-2-4-6-16/h2-10,18,22H,11-14H2,1H3,(H,21,25)(H,23,24)(H,26,27)/t18-/m0/s1. The summed E-state index contributed by atoms with van der Waals surface area (Å²) in [6, 6.07) is 16.7. The molecule has 29 heavy (non-hydrogen) atoms. The molecular formula is C20H25N2O6P. The van der Waals surface area contributed by atoms with E-state index >= 15 is 0 Å². The Morgan fingerprint density at radius 1 is 1.07 bits per heavy atom. The van der Waals surface area contributed by atoms with E-state index in [-0.39, 0.29) is 19.4 Å². The average Bonchev–Trinajstić information content (AvgIpc) is 2.72. The van der Waals surface area contributed by atoms with E-state index in [0.29, 0.717) is 0 Å². The molecule has 0 fully saturated rings. The highest BCUT2D eigenvalue weighted by atomic mass is 31.2. The molecule has 2 aromatic carbocycles. The van der Waals surface area contributed by atoms with Crippen molar-refractivity contribution >= 4 is 19.5 Å². The van der Waals surface area contributed by atoms with Crippen LogP contribution in [0.5, 0.6) is 0 Å². The SMILES string of the molecule is COP(=O)(O)CN[C@@H](Cc1ccc(-c2ccccc2)cc1)C(=O)NCCC(=O)O. The van der Waals surface area contributed by atoms with Crippen LogP contribution in [0.2, 0.25) is 0 Å². The molecule has 0 saturated heterocycles. The number of rotatable bonds is 11. The molecule has 0 aliphatic rings. The Balaban J connectivity index is 2.07. The fourth-order valence-corrected chi connectivity index (χ4v) is 3.24. The van der Waals surface area contributed by atoms with Gasteiger partial charge < -0.3 is 19.8 Å². The van der Waals surface area contributed by atoms with Crippen molar-refractivity contribution in [2.45, 2.75) is 18.9 Å². The third-order valence-corrected chi connectivity index (χ3v) is 5.43. The van der Waals surface area contributed by atoms with Gasteiger partial charge in [-0.15, -0.1) is 0 Å². The highest BCUT2D eigenvalue weighted by Crippen LogP contribution is 2.38. The molecule has 2 rings (SSSR count). The predicted molar refractivity (Wildman–Crippen MR) is 109 cm³/mol. The number of carboxylic acids is 1. The number of nitrogens with one attached hydrogen (secondary N) is 2. The third-order valence-electron chi connectivity index (χ3n) is 4.28. The van der Waals surface area contributed by atoms with Gasteiger partial charge in [0.1, 0.15) is 0 Å². The van der Waals surface area contributed by atoms with Crippen molar-refractivity contribution in [3.05, 3.63) is 60.2 Å². The van der Waals surface area contributed by atoms with Crippen molar-refractivity contribution in [2.24, 2.45) is 0 Å². The summed E-state index contributed by atoms with van der Waals surface area (Å²) in [5, 5.41) is 14.0. The molecule has 1 unspecified atom stereocenters. The molecule has 0 aliphatic heterocycles. The summed E-state index contributed by atoms with van der Waals surface area (Å²) in [7, 11) is -2.73. The summed E-state index contributed by atoms with van der Waals surface area (Å²) in [5.41, 5.74) is 2.95. The molecule has 9 heteroatoms. The lowest BCUT2D eigenvalue weighted by molar-refractivity contribution is -0.137. The van der Waals surface area contributed by atoms with Crippen LogP contribution in [0.15, 0.2) is 54.6 Å². The van der Waals surface area contributed by atoms with Gasteiger partial charge in [-0.2, -0.15) is 0 Å². The minimum atomic E-state index is -3.85. The lowest BCUT2D eigenvalue weighted by atomic mass is 10.0. The molecule has 0 bridgehead atoms. The zero-order chi connectivity index (χ0) is 21.3. The van der Waals surface area contributed by atoms with E-state index in [9.17, 15) is 19.0 Å². The van der Waals surface area contributed by atoms with Gasteiger partial charge in [0.05, 0.1) is 18.7 Å². The second kappa shape index (κ2) is 10.9. The lowest BCUT2D eigenvalue weighted by Crippen LogP contribution is -2.46. The van der Waals surface area contributed by atoms with Gasteiger partial charge in [0, 0.05) is 13.7 Å². The van der Waals surface area contributed by atoms with E-state index in [0.717, 1.165) is 23.8 Å². The quantitative estimate of drug-likeness (QED) is 0.411. The monoisotopic (exact) mass is 420 g/mol. The molecule has 0 spiro atoms. The van der Waals surface area contributed by atoms with Crippen LogP contribution in [0, 0.1) is 0 Å². The van der Waals surface area contributed by atoms with E-state index in [1.54, 1.807) is 0 Å². The Hall–Kier alpha value is -2.51. The predicted octanol–water partition coefficient (Wildman–Crippen LogP) is 2.23. The van der Waals surface area contributed by atoms with E-state index in [4.69, 9.17) is 5.11 Å². The first-order chi connectivity index (χ1) is 13.8. The maximum atomic E-state index is 12.4. The third kappa shape index (κ3) is 7.79. The zero-order valence-electron chi connectivity index (χ0n) is 16.1. The van der Waals surface area contributed by atoms with Gasteiger partial charge in [-0.1, -0.05) is 54.6 Å². The fraction of sp³-hybridized carbons (Fsp3) is 0.300. The molecule has 2 atom stereocenters. The molecule has 156 valence electrons. The molecule has 8 nitrogen and oxygen atoms in total. The van der Waals surface area contributed by atoms with Crippen LogP contribution in [0.25, 0.3) is 11.1 Å². The zero-order valence-corrected chi connectivity index (χ0v) is 17.0. The largest absolute Gasteiger partial charge is 0.481 e. The first kappa shape index (κ1) is 22.8. The molecule has 0 aromatic heterocycles. The topological polar surface area (TPSA) is 125 Å². The van der Waals surface area contributed by atoms with Crippen LogP contribution in [-0.4, -0.2) is 47.9 Å². The van der Waals surface area contributed by atoms with Crippen LogP contribution in [0.1, 0.15) is 12.0 Å². The number of hydrogen-bond acceptors (Lipinski definition) is 5. The second-order valence-corrected chi connectivity index (χ2v) is 8.39. The normalized spacial score (nSPS) is 14.0. The lowest BCUT2D eigenvalue weighted by Gasteiger charge is -2.20. The summed E-state index contributed by atoms with van der Waals surface area (Å²) < 4.78 is 16.3. The number of aliphatic carboxylic acids is 1. The summed E-state index contributed by atoms with van der Waals surface area (Å²) >= 11 is 0. The molecule has 1 amide bonds. The van der Waals surface area contributed by atoms with Crippen molar-refractivity contribution in [1.82, 2.24) is 10.6 Å². The van der Waals surface area contributed by atoms with Crippen molar-refractivity contribution in [1.29, 1.82) is 0 Å². The maximum Gasteiger partial charge on any atom is 0.341 e. The van der Waals surface area contributed by atoms with Crippen LogP contribution >= 0.6 is 7.60 Å². The Bertz CT molecular complexity index is 857. The Morgan fingerprint density at radius 3 is 2.28 bits per heavy atom. The van der Waals surface area contributed by atoms with Crippen LogP contribution in [-0.2, 0) is 25.1 Å². The minimum Gasteiger partial charge on any atom is -0.481 e. The first-order valence-corrected chi connectivity index (χ1v) is 10.8. The summed E-state index contributed by atoms with van der Waals surface area (Å²) in [6.45, 7) is -0.0274. The molecule has 0 aliphatic carbocycles. The van der Waals surface area contributed by atoms with Crippen molar-refractivity contribution in [3.8, 4) is 11.1 Å². The Morgan fingerprint density at radius 2 is 1.69 bits per heavy atom. The van der Waals surface area contributed by atoms with Gasteiger partial charge in [0.2, 0.25) is 5.91 Å². The van der Waals surface area contributed by atoms with E-state index in [1.807, 2.05) is 54.6 Å². The van der Waals surface area contributed by atoms with Gasteiger partial charge in [0.15, 0.2) is 0 Å². The Kier molecular flexibility index (Phi) is 8.54. The van der Waals surface area contributed by atoms with Gasteiger partial charge in [-0.05, 0) is 23.1 Å². The number of carbonyl (C=O) groups is 2.